The van der Waals surface area contributed by atoms with Gasteiger partial charge in [-0.1, -0.05) is 18.2 Å². The van der Waals surface area contributed by atoms with Gasteiger partial charge in [0, 0.05) is 19.6 Å². The van der Waals surface area contributed by atoms with Crippen LogP contribution in [0.5, 0.6) is 17.2 Å². The number of hydrogen-bond acceptors (Lipinski definition) is 5. The van der Waals surface area contributed by atoms with Crippen molar-refractivity contribution in [3.63, 3.8) is 0 Å². The Morgan fingerprint density at radius 2 is 1.62 bits per heavy atom. The molecule has 26 heavy (non-hydrogen) atoms. The molecule has 3 rings (SSSR count). The van der Waals surface area contributed by atoms with Crippen molar-refractivity contribution in [2.45, 2.75) is 12.5 Å². The quantitative estimate of drug-likeness (QED) is 0.862. The Bertz CT molecular complexity index is 690. The van der Waals surface area contributed by atoms with Crippen LogP contribution in [0.4, 0.5) is 0 Å². The van der Waals surface area contributed by atoms with Crippen LogP contribution < -0.4 is 19.5 Å². The number of ether oxygens (including phenoxy) is 3. The van der Waals surface area contributed by atoms with Crippen molar-refractivity contribution in [3.8, 4) is 17.2 Å². The molecule has 0 spiro atoms. The Hall–Kier alpha value is -2.24. The van der Waals surface area contributed by atoms with E-state index in [2.05, 4.69) is 22.3 Å². The molecule has 140 valence electrons. The first-order valence-electron chi connectivity index (χ1n) is 9.08. The topological polar surface area (TPSA) is 43.0 Å². The van der Waals surface area contributed by atoms with Crippen molar-refractivity contribution in [2.75, 3.05) is 47.5 Å². The summed E-state index contributed by atoms with van der Waals surface area (Å²) in [7, 11) is 5.13. The van der Waals surface area contributed by atoms with E-state index in [9.17, 15) is 0 Å². The zero-order valence-corrected chi connectivity index (χ0v) is 15.8. The molecule has 1 atom stereocenters. The van der Waals surface area contributed by atoms with Gasteiger partial charge in [0.2, 0.25) is 0 Å². The Morgan fingerprint density at radius 1 is 0.885 bits per heavy atom. The van der Waals surface area contributed by atoms with Gasteiger partial charge in [0.25, 0.3) is 0 Å². The largest absolute Gasteiger partial charge is 0.497 e. The standard InChI is InChI=1S/C21H28N2O3/c1-24-17-8-4-7-16(15-17)21(23-13-6-11-22-12-14-23)20-18(25-2)9-5-10-19(20)26-3/h4-5,7-10,15,21-22H,6,11-14H2,1-3H3. The lowest BCUT2D eigenvalue weighted by atomic mass is 9.94. The van der Waals surface area contributed by atoms with E-state index in [1.54, 1.807) is 21.3 Å². The molecule has 2 aromatic carbocycles. The molecule has 0 bridgehead atoms. The third-order valence-corrected chi connectivity index (χ3v) is 4.89. The van der Waals surface area contributed by atoms with Crippen LogP contribution in [0.1, 0.15) is 23.6 Å². The van der Waals surface area contributed by atoms with Gasteiger partial charge in [-0.15, -0.1) is 0 Å². The number of benzene rings is 2. The van der Waals surface area contributed by atoms with Crippen LogP contribution in [0, 0.1) is 0 Å². The summed E-state index contributed by atoms with van der Waals surface area (Å²) >= 11 is 0. The van der Waals surface area contributed by atoms with Gasteiger partial charge in [-0.05, 0) is 42.8 Å². The summed E-state index contributed by atoms with van der Waals surface area (Å²) in [5.41, 5.74) is 2.24. The van der Waals surface area contributed by atoms with Crippen molar-refractivity contribution in [1.82, 2.24) is 10.2 Å². The zero-order chi connectivity index (χ0) is 18.4. The first kappa shape index (κ1) is 18.5. The van der Waals surface area contributed by atoms with E-state index in [-0.39, 0.29) is 6.04 Å². The lowest BCUT2D eigenvalue weighted by molar-refractivity contribution is 0.230. The fourth-order valence-electron chi connectivity index (χ4n) is 3.65. The lowest BCUT2D eigenvalue weighted by Gasteiger charge is -2.33. The van der Waals surface area contributed by atoms with Gasteiger partial charge in [-0.3, -0.25) is 4.90 Å². The Balaban J connectivity index is 2.14. The fraction of sp³-hybridized carbons (Fsp3) is 0.429. The average Bonchev–Trinajstić information content (AvgIpc) is 2.98. The van der Waals surface area contributed by atoms with Gasteiger partial charge in [0.05, 0.1) is 32.9 Å². The monoisotopic (exact) mass is 356 g/mol. The van der Waals surface area contributed by atoms with Gasteiger partial charge in [-0.2, -0.15) is 0 Å². The molecule has 5 nitrogen and oxygen atoms in total. The van der Waals surface area contributed by atoms with E-state index in [1.807, 2.05) is 30.3 Å². The lowest BCUT2D eigenvalue weighted by Crippen LogP contribution is -2.33. The third kappa shape index (κ3) is 3.94. The number of nitrogens with zero attached hydrogens (tertiary/aromatic N) is 1. The predicted octanol–water partition coefficient (Wildman–Crippen LogP) is 3.10. The molecule has 1 unspecified atom stereocenters. The number of rotatable bonds is 6. The van der Waals surface area contributed by atoms with Gasteiger partial charge in [0.15, 0.2) is 0 Å². The molecule has 0 aromatic heterocycles. The minimum Gasteiger partial charge on any atom is -0.497 e. The normalized spacial score (nSPS) is 16.6. The molecule has 0 radical (unpaired) electrons. The van der Waals surface area contributed by atoms with Crippen LogP contribution in [0.2, 0.25) is 0 Å². The maximum absolute atomic E-state index is 5.72. The van der Waals surface area contributed by atoms with E-state index in [1.165, 1.54) is 5.56 Å². The fourth-order valence-corrected chi connectivity index (χ4v) is 3.65. The summed E-state index contributed by atoms with van der Waals surface area (Å²) in [5, 5.41) is 3.49. The summed E-state index contributed by atoms with van der Waals surface area (Å²) in [5.74, 6) is 2.54. The summed E-state index contributed by atoms with van der Waals surface area (Å²) in [4.78, 5) is 2.50. The van der Waals surface area contributed by atoms with Crippen molar-refractivity contribution < 1.29 is 14.2 Å². The SMILES string of the molecule is COc1cccc(C(c2c(OC)cccc2OC)N2CCCNCC2)c1. The molecule has 5 heteroatoms. The average molecular weight is 356 g/mol. The molecule has 2 aromatic rings. The molecule has 1 heterocycles. The molecular formula is C21H28N2O3. The Labute approximate surface area is 155 Å². The molecule has 1 saturated heterocycles. The van der Waals surface area contributed by atoms with Crippen LogP contribution in [0.15, 0.2) is 42.5 Å². The van der Waals surface area contributed by atoms with Crippen molar-refractivity contribution in [3.05, 3.63) is 53.6 Å². The molecule has 1 N–H and O–H groups in total. The van der Waals surface area contributed by atoms with Gasteiger partial charge in [0.1, 0.15) is 17.2 Å². The van der Waals surface area contributed by atoms with E-state index in [0.29, 0.717) is 0 Å². The maximum atomic E-state index is 5.72. The number of nitrogens with one attached hydrogen (secondary N) is 1. The highest BCUT2D eigenvalue weighted by molar-refractivity contribution is 5.51. The number of hydrogen-bond donors (Lipinski definition) is 1. The smallest absolute Gasteiger partial charge is 0.127 e. The van der Waals surface area contributed by atoms with Crippen molar-refractivity contribution >= 4 is 0 Å². The summed E-state index contributed by atoms with van der Waals surface area (Å²) in [6, 6.07) is 14.3. The maximum Gasteiger partial charge on any atom is 0.127 e. The van der Waals surface area contributed by atoms with Crippen LogP contribution in [-0.2, 0) is 0 Å². The highest BCUT2D eigenvalue weighted by Crippen LogP contribution is 2.41. The van der Waals surface area contributed by atoms with Crippen LogP contribution >= 0.6 is 0 Å². The molecule has 0 amide bonds. The zero-order valence-electron chi connectivity index (χ0n) is 15.8. The van der Waals surface area contributed by atoms with Gasteiger partial charge >= 0.3 is 0 Å². The molecule has 0 saturated carbocycles. The van der Waals surface area contributed by atoms with E-state index < -0.39 is 0 Å². The third-order valence-electron chi connectivity index (χ3n) is 4.89. The molecule has 1 aliphatic heterocycles. The molecule has 1 aliphatic rings. The molecular weight excluding hydrogens is 328 g/mol. The van der Waals surface area contributed by atoms with E-state index in [0.717, 1.165) is 55.4 Å². The van der Waals surface area contributed by atoms with Gasteiger partial charge in [-0.25, -0.2) is 0 Å². The van der Waals surface area contributed by atoms with E-state index >= 15 is 0 Å². The molecule has 1 fully saturated rings. The summed E-state index contributed by atoms with van der Waals surface area (Å²) < 4.78 is 16.9. The van der Waals surface area contributed by atoms with Crippen molar-refractivity contribution in [1.29, 1.82) is 0 Å². The minimum atomic E-state index is 0.0381. The summed E-state index contributed by atoms with van der Waals surface area (Å²) in [6.07, 6.45) is 1.11. The predicted molar refractivity (Wildman–Crippen MR) is 103 cm³/mol. The Kier molecular flexibility index (Phi) is 6.36. The number of methoxy groups -OCH3 is 3. The second kappa shape index (κ2) is 8.92. The minimum absolute atomic E-state index is 0.0381. The summed E-state index contributed by atoms with van der Waals surface area (Å²) in [6.45, 7) is 3.99. The second-order valence-electron chi connectivity index (χ2n) is 6.39. The van der Waals surface area contributed by atoms with Crippen LogP contribution in [-0.4, -0.2) is 52.4 Å². The highest BCUT2D eigenvalue weighted by atomic mass is 16.5. The van der Waals surface area contributed by atoms with Gasteiger partial charge < -0.3 is 19.5 Å². The van der Waals surface area contributed by atoms with Crippen LogP contribution in [0.3, 0.4) is 0 Å². The first-order valence-corrected chi connectivity index (χ1v) is 9.08. The molecule has 0 aliphatic carbocycles. The first-order chi connectivity index (χ1) is 12.8. The highest BCUT2D eigenvalue weighted by Gasteiger charge is 2.29. The van der Waals surface area contributed by atoms with E-state index in [4.69, 9.17) is 14.2 Å². The second-order valence-corrected chi connectivity index (χ2v) is 6.39. The van der Waals surface area contributed by atoms with Crippen LogP contribution in [0.25, 0.3) is 0 Å². The Morgan fingerprint density at radius 3 is 2.31 bits per heavy atom. The van der Waals surface area contributed by atoms with Crippen molar-refractivity contribution in [2.24, 2.45) is 0 Å².